The van der Waals surface area contributed by atoms with Crippen molar-refractivity contribution in [2.75, 3.05) is 13.1 Å². The van der Waals surface area contributed by atoms with Gasteiger partial charge in [-0.05, 0) is 46.0 Å². The standard InChI is InChI=1S/C13H26N2O/c1-6-14-11(16)12(3,4)9-15-10(2)13(5)7-8-13/h10,15H,6-9H2,1-5H3,(H,14,16). The van der Waals surface area contributed by atoms with Crippen molar-refractivity contribution >= 4 is 5.91 Å². The van der Waals surface area contributed by atoms with E-state index in [1.807, 2.05) is 20.8 Å². The summed E-state index contributed by atoms with van der Waals surface area (Å²) in [7, 11) is 0. The molecule has 2 N–H and O–H groups in total. The van der Waals surface area contributed by atoms with E-state index in [4.69, 9.17) is 0 Å². The van der Waals surface area contributed by atoms with Crippen LogP contribution in [0.2, 0.25) is 0 Å². The molecular formula is C13H26N2O. The van der Waals surface area contributed by atoms with Crippen LogP contribution in [0.4, 0.5) is 0 Å². The molecule has 0 bridgehead atoms. The highest BCUT2D eigenvalue weighted by Crippen LogP contribution is 2.48. The number of carbonyl (C=O) groups excluding carboxylic acids is 1. The first-order valence-corrected chi connectivity index (χ1v) is 6.33. The second-order valence-electron chi connectivity index (χ2n) is 6.00. The molecule has 0 heterocycles. The third-order valence-corrected chi connectivity index (χ3v) is 3.89. The fraction of sp³-hybridized carbons (Fsp3) is 0.923. The molecule has 0 aromatic carbocycles. The van der Waals surface area contributed by atoms with Gasteiger partial charge in [0.05, 0.1) is 5.41 Å². The highest BCUT2D eigenvalue weighted by molar-refractivity contribution is 5.81. The Labute approximate surface area is 99.4 Å². The fourth-order valence-corrected chi connectivity index (χ4v) is 1.76. The van der Waals surface area contributed by atoms with Gasteiger partial charge in [0.15, 0.2) is 0 Å². The van der Waals surface area contributed by atoms with Crippen molar-refractivity contribution in [1.29, 1.82) is 0 Å². The Morgan fingerprint density at radius 1 is 1.44 bits per heavy atom. The minimum atomic E-state index is -0.324. The largest absolute Gasteiger partial charge is 0.356 e. The summed E-state index contributed by atoms with van der Waals surface area (Å²) in [5.41, 5.74) is 0.146. The van der Waals surface area contributed by atoms with Gasteiger partial charge in [-0.1, -0.05) is 6.92 Å². The average molecular weight is 226 g/mol. The van der Waals surface area contributed by atoms with Crippen LogP contribution in [0.25, 0.3) is 0 Å². The minimum absolute atomic E-state index is 0.135. The van der Waals surface area contributed by atoms with Crippen LogP contribution in [0.15, 0.2) is 0 Å². The van der Waals surface area contributed by atoms with Crippen molar-refractivity contribution in [3.05, 3.63) is 0 Å². The van der Waals surface area contributed by atoms with E-state index in [0.29, 0.717) is 18.0 Å². The number of nitrogens with one attached hydrogen (secondary N) is 2. The molecule has 3 nitrogen and oxygen atoms in total. The smallest absolute Gasteiger partial charge is 0.226 e. The molecule has 0 spiro atoms. The van der Waals surface area contributed by atoms with Gasteiger partial charge in [0.25, 0.3) is 0 Å². The van der Waals surface area contributed by atoms with Gasteiger partial charge < -0.3 is 10.6 Å². The molecule has 0 aromatic heterocycles. The Morgan fingerprint density at radius 3 is 2.44 bits per heavy atom. The number of rotatable bonds is 6. The van der Waals surface area contributed by atoms with Crippen LogP contribution in [0.5, 0.6) is 0 Å². The Balaban J connectivity index is 2.38. The van der Waals surface area contributed by atoms with Gasteiger partial charge in [0, 0.05) is 19.1 Å². The Morgan fingerprint density at radius 2 is 2.00 bits per heavy atom. The molecule has 1 aliphatic carbocycles. The second-order valence-corrected chi connectivity index (χ2v) is 6.00. The summed E-state index contributed by atoms with van der Waals surface area (Å²) < 4.78 is 0. The van der Waals surface area contributed by atoms with E-state index in [9.17, 15) is 4.79 Å². The lowest BCUT2D eigenvalue weighted by atomic mass is 9.90. The number of hydrogen-bond donors (Lipinski definition) is 2. The molecule has 1 atom stereocenters. The first-order valence-electron chi connectivity index (χ1n) is 6.33. The van der Waals surface area contributed by atoms with Crippen LogP contribution in [0.3, 0.4) is 0 Å². The molecule has 0 aliphatic heterocycles. The van der Waals surface area contributed by atoms with Crippen LogP contribution >= 0.6 is 0 Å². The Hall–Kier alpha value is -0.570. The molecule has 1 fully saturated rings. The summed E-state index contributed by atoms with van der Waals surface area (Å²) in [6, 6.07) is 0.501. The van der Waals surface area contributed by atoms with E-state index >= 15 is 0 Å². The molecule has 1 amide bonds. The van der Waals surface area contributed by atoms with Gasteiger partial charge >= 0.3 is 0 Å². The van der Waals surface area contributed by atoms with Gasteiger partial charge in [-0.15, -0.1) is 0 Å². The van der Waals surface area contributed by atoms with Crippen molar-refractivity contribution in [2.45, 2.75) is 53.5 Å². The monoisotopic (exact) mass is 226 g/mol. The van der Waals surface area contributed by atoms with Crippen LogP contribution in [-0.2, 0) is 4.79 Å². The number of carbonyl (C=O) groups is 1. The molecular weight excluding hydrogens is 200 g/mol. The molecule has 0 radical (unpaired) electrons. The first-order chi connectivity index (χ1) is 7.32. The lowest BCUT2D eigenvalue weighted by Gasteiger charge is -2.28. The lowest BCUT2D eigenvalue weighted by Crippen LogP contribution is -2.46. The third kappa shape index (κ3) is 3.21. The van der Waals surface area contributed by atoms with Crippen molar-refractivity contribution in [2.24, 2.45) is 10.8 Å². The highest BCUT2D eigenvalue weighted by Gasteiger charge is 2.42. The quantitative estimate of drug-likeness (QED) is 0.726. The topological polar surface area (TPSA) is 41.1 Å². The molecule has 16 heavy (non-hydrogen) atoms. The minimum Gasteiger partial charge on any atom is -0.356 e. The number of hydrogen-bond acceptors (Lipinski definition) is 2. The van der Waals surface area contributed by atoms with Gasteiger partial charge in [-0.25, -0.2) is 0 Å². The van der Waals surface area contributed by atoms with Gasteiger partial charge in [-0.3, -0.25) is 4.79 Å². The van der Waals surface area contributed by atoms with Gasteiger partial charge in [-0.2, -0.15) is 0 Å². The van der Waals surface area contributed by atoms with E-state index in [2.05, 4.69) is 24.5 Å². The highest BCUT2D eigenvalue weighted by atomic mass is 16.2. The van der Waals surface area contributed by atoms with E-state index in [1.165, 1.54) is 12.8 Å². The maximum Gasteiger partial charge on any atom is 0.226 e. The summed E-state index contributed by atoms with van der Waals surface area (Å²) in [6.45, 7) is 11.9. The molecule has 3 heteroatoms. The molecule has 94 valence electrons. The zero-order chi connectivity index (χ0) is 12.4. The molecule has 1 rings (SSSR count). The summed E-state index contributed by atoms with van der Waals surface area (Å²) in [6.07, 6.45) is 2.62. The maximum atomic E-state index is 11.8. The van der Waals surface area contributed by atoms with E-state index in [0.717, 1.165) is 6.54 Å². The predicted octanol–water partition coefficient (Wildman–Crippen LogP) is 1.93. The molecule has 1 saturated carbocycles. The molecule has 0 saturated heterocycles. The van der Waals surface area contributed by atoms with Gasteiger partial charge in [0.1, 0.15) is 0 Å². The van der Waals surface area contributed by atoms with Crippen LogP contribution in [-0.4, -0.2) is 25.0 Å². The third-order valence-electron chi connectivity index (χ3n) is 3.89. The normalized spacial score (nSPS) is 20.3. The van der Waals surface area contributed by atoms with Crippen molar-refractivity contribution in [3.8, 4) is 0 Å². The summed E-state index contributed by atoms with van der Waals surface area (Å²) in [5, 5.41) is 6.39. The molecule has 1 aliphatic rings. The fourth-order valence-electron chi connectivity index (χ4n) is 1.76. The molecule has 0 aromatic rings. The van der Waals surface area contributed by atoms with Crippen molar-refractivity contribution in [1.82, 2.24) is 10.6 Å². The Kier molecular flexibility index (Phi) is 4.00. The van der Waals surface area contributed by atoms with Crippen LogP contribution < -0.4 is 10.6 Å². The maximum absolute atomic E-state index is 11.8. The van der Waals surface area contributed by atoms with Crippen molar-refractivity contribution in [3.63, 3.8) is 0 Å². The van der Waals surface area contributed by atoms with E-state index in [-0.39, 0.29) is 11.3 Å². The van der Waals surface area contributed by atoms with Gasteiger partial charge in [0.2, 0.25) is 5.91 Å². The molecule has 1 unspecified atom stereocenters. The Bertz CT molecular complexity index is 257. The lowest BCUT2D eigenvalue weighted by molar-refractivity contribution is -0.129. The van der Waals surface area contributed by atoms with Crippen LogP contribution in [0, 0.1) is 10.8 Å². The SMILES string of the molecule is CCNC(=O)C(C)(C)CNC(C)C1(C)CC1. The second kappa shape index (κ2) is 4.74. The van der Waals surface area contributed by atoms with E-state index < -0.39 is 0 Å². The van der Waals surface area contributed by atoms with Crippen molar-refractivity contribution < 1.29 is 4.79 Å². The summed E-state index contributed by atoms with van der Waals surface area (Å²) in [5.74, 6) is 0.135. The average Bonchev–Trinajstić information content (AvgIpc) is 2.95. The predicted molar refractivity (Wildman–Crippen MR) is 67.3 cm³/mol. The first kappa shape index (κ1) is 13.5. The summed E-state index contributed by atoms with van der Waals surface area (Å²) >= 11 is 0. The zero-order valence-electron chi connectivity index (χ0n) is 11.3. The zero-order valence-corrected chi connectivity index (χ0v) is 11.3. The number of amides is 1. The van der Waals surface area contributed by atoms with Crippen LogP contribution in [0.1, 0.15) is 47.5 Å². The van der Waals surface area contributed by atoms with E-state index in [1.54, 1.807) is 0 Å². The summed E-state index contributed by atoms with van der Waals surface area (Å²) in [4.78, 5) is 11.8.